The van der Waals surface area contributed by atoms with E-state index in [1.54, 1.807) is 0 Å². The van der Waals surface area contributed by atoms with Gasteiger partial charge in [0.1, 0.15) is 5.75 Å². The molecule has 0 spiro atoms. The zero-order chi connectivity index (χ0) is 13.7. The second-order valence-corrected chi connectivity index (χ2v) is 5.56. The van der Waals surface area contributed by atoms with Gasteiger partial charge < -0.3 is 15.4 Å². The summed E-state index contributed by atoms with van der Waals surface area (Å²) in [6, 6.07) is 6.32. The molecule has 1 aromatic carbocycles. The molecule has 0 aliphatic carbocycles. The van der Waals surface area contributed by atoms with Crippen LogP contribution in [-0.4, -0.2) is 31.1 Å². The molecule has 1 aromatic rings. The molecule has 0 radical (unpaired) electrons. The monoisotopic (exact) mass is 262 g/mol. The third kappa shape index (κ3) is 4.22. The molecule has 0 bridgehead atoms. The summed E-state index contributed by atoms with van der Waals surface area (Å²) < 4.78 is 5.86. The molecule has 1 aliphatic rings. The maximum Gasteiger partial charge on any atom is 0.122 e. The molecule has 0 saturated carbocycles. The molecular formula is C16H26N2O. The fourth-order valence-electron chi connectivity index (χ4n) is 2.59. The fraction of sp³-hybridized carbons (Fsp3) is 0.625. The van der Waals surface area contributed by atoms with E-state index in [1.807, 2.05) is 13.0 Å². The highest BCUT2D eigenvalue weighted by molar-refractivity contribution is 5.37. The summed E-state index contributed by atoms with van der Waals surface area (Å²) in [5.74, 6) is 0.992. The maximum atomic E-state index is 5.88. The summed E-state index contributed by atoms with van der Waals surface area (Å²) in [5, 5.41) is 0. The van der Waals surface area contributed by atoms with Gasteiger partial charge in [-0.3, -0.25) is 0 Å². The first-order chi connectivity index (χ1) is 9.16. The number of aryl methyl sites for hydroxylation is 1. The van der Waals surface area contributed by atoms with Crippen LogP contribution < -0.4 is 10.5 Å². The largest absolute Gasteiger partial charge is 0.493 e. The van der Waals surface area contributed by atoms with Crippen LogP contribution in [0.25, 0.3) is 0 Å². The standard InChI is InChI=1S/C16H26N2O/c1-13-12-15(14(2)17)6-7-16(13)19-11-5-10-18-8-3-4-9-18/h6-7,12,14H,3-5,8-11,17H2,1-2H3/t14-/m1/s1. The number of benzene rings is 1. The Kier molecular flexibility index (Phi) is 5.23. The molecule has 1 heterocycles. The minimum atomic E-state index is 0.0860. The summed E-state index contributed by atoms with van der Waals surface area (Å²) in [6.45, 7) is 8.59. The van der Waals surface area contributed by atoms with Crippen LogP contribution in [0.2, 0.25) is 0 Å². The first kappa shape index (κ1) is 14.4. The Morgan fingerprint density at radius 3 is 2.68 bits per heavy atom. The van der Waals surface area contributed by atoms with E-state index in [4.69, 9.17) is 10.5 Å². The Morgan fingerprint density at radius 1 is 1.32 bits per heavy atom. The lowest BCUT2D eigenvalue weighted by Gasteiger charge is -2.15. The average Bonchev–Trinajstić information content (AvgIpc) is 2.89. The summed E-state index contributed by atoms with van der Waals surface area (Å²) in [4.78, 5) is 2.52. The van der Waals surface area contributed by atoms with Crippen LogP contribution in [0.3, 0.4) is 0 Å². The fourth-order valence-corrected chi connectivity index (χ4v) is 2.59. The summed E-state index contributed by atoms with van der Waals surface area (Å²) in [5.41, 5.74) is 8.22. The summed E-state index contributed by atoms with van der Waals surface area (Å²) in [6.07, 6.45) is 3.83. The molecule has 1 aliphatic heterocycles. The van der Waals surface area contributed by atoms with Gasteiger partial charge in [0.25, 0.3) is 0 Å². The third-order valence-electron chi connectivity index (χ3n) is 3.80. The van der Waals surface area contributed by atoms with Crippen LogP contribution in [-0.2, 0) is 0 Å². The van der Waals surface area contributed by atoms with Gasteiger partial charge in [-0.05, 0) is 63.4 Å². The van der Waals surface area contributed by atoms with Crippen molar-refractivity contribution in [3.05, 3.63) is 29.3 Å². The first-order valence-electron chi connectivity index (χ1n) is 7.38. The van der Waals surface area contributed by atoms with Crippen molar-refractivity contribution in [1.29, 1.82) is 0 Å². The van der Waals surface area contributed by atoms with Gasteiger partial charge in [-0.15, -0.1) is 0 Å². The van der Waals surface area contributed by atoms with Crippen molar-refractivity contribution in [2.24, 2.45) is 5.73 Å². The molecular weight excluding hydrogens is 236 g/mol. The predicted octanol–water partition coefficient (Wildman–Crippen LogP) is 2.88. The van der Waals surface area contributed by atoms with Gasteiger partial charge in [0.15, 0.2) is 0 Å². The molecule has 1 atom stereocenters. The SMILES string of the molecule is Cc1cc([C@@H](C)N)ccc1OCCCN1CCCC1. The van der Waals surface area contributed by atoms with Gasteiger partial charge >= 0.3 is 0 Å². The number of rotatable bonds is 6. The van der Waals surface area contributed by atoms with Crippen molar-refractivity contribution < 1.29 is 4.74 Å². The van der Waals surface area contributed by atoms with E-state index in [1.165, 1.54) is 37.1 Å². The minimum absolute atomic E-state index is 0.0860. The van der Waals surface area contributed by atoms with Gasteiger partial charge in [-0.2, -0.15) is 0 Å². The Hall–Kier alpha value is -1.06. The van der Waals surface area contributed by atoms with E-state index in [-0.39, 0.29) is 6.04 Å². The Balaban J connectivity index is 1.76. The average molecular weight is 262 g/mol. The Morgan fingerprint density at radius 2 is 2.05 bits per heavy atom. The number of ether oxygens (including phenoxy) is 1. The second-order valence-electron chi connectivity index (χ2n) is 5.56. The molecule has 1 saturated heterocycles. The molecule has 0 amide bonds. The van der Waals surface area contributed by atoms with E-state index >= 15 is 0 Å². The molecule has 1 fully saturated rings. The Labute approximate surface area is 116 Å². The molecule has 3 nitrogen and oxygen atoms in total. The number of hydrogen-bond donors (Lipinski definition) is 1. The molecule has 106 valence electrons. The molecule has 19 heavy (non-hydrogen) atoms. The van der Waals surface area contributed by atoms with Crippen molar-refractivity contribution in [3.63, 3.8) is 0 Å². The maximum absolute atomic E-state index is 5.88. The Bertz CT molecular complexity index is 398. The summed E-state index contributed by atoms with van der Waals surface area (Å²) >= 11 is 0. The van der Waals surface area contributed by atoms with E-state index in [0.717, 1.165) is 25.3 Å². The van der Waals surface area contributed by atoms with Crippen molar-refractivity contribution in [1.82, 2.24) is 4.90 Å². The first-order valence-corrected chi connectivity index (χ1v) is 7.38. The number of hydrogen-bond acceptors (Lipinski definition) is 3. The molecule has 2 rings (SSSR count). The van der Waals surface area contributed by atoms with Gasteiger partial charge in [0.2, 0.25) is 0 Å². The predicted molar refractivity (Wildman–Crippen MR) is 79.6 cm³/mol. The second kappa shape index (κ2) is 6.92. The van der Waals surface area contributed by atoms with Crippen molar-refractivity contribution >= 4 is 0 Å². The van der Waals surface area contributed by atoms with E-state index in [2.05, 4.69) is 24.0 Å². The highest BCUT2D eigenvalue weighted by Crippen LogP contribution is 2.22. The van der Waals surface area contributed by atoms with E-state index in [0.29, 0.717) is 0 Å². The van der Waals surface area contributed by atoms with Crippen LogP contribution in [0, 0.1) is 6.92 Å². The summed E-state index contributed by atoms with van der Waals surface area (Å²) in [7, 11) is 0. The van der Waals surface area contributed by atoms with E-state index < -0.39 is 0 Å². The molecule has 3 heteroatoms. The number of nitrogens with zero attached hydrogens (tertiary/aromatic N) is 1. The molecule has 2 N–H and O–H groups in total. The van der Waals surface area contributed by atoms with E-state index in [9.17, 15) is 0 Å². The molecule has 0 unspecified atom stereocenters. The van der Waals surface area contributed by atoms with Crippen molar-refractivity contribution in [3.8, 4) is 5.75 Å². The number of nitrogens with two attached hydrogens (primary N) is 1. The van der Waals surface area contributed by atoms with Gasteiger partial charge in [-0.25, -0.2) is 0 Å². The smallest absolute Gasteiger partial charge is 0.122 e. The normalized spacial score (nSPS) is 17.6. The topological polar surface area (TPSA) is 38.5 Å². The number of likely N-dealkylation sites (tertiary alicyclic amines) is 1. The van der Waals surface area contributed by atoms with Crippen LogP contribution in [0.1, 0.15) is 43.4 Å². The van der Waals surface area contributed by atoms with Crippen molar-refractivity contribution in [2.45, 2.75) is 39.2 Å². The van der Waals surface area contributed by atoms with Crippen LogP contribution in [0.4, 0.5) is 0 Å². The lowest BCUT2D eigenvalue weighted by atomic mass is 10.1. The highest BCUT2D eigenvalue weighted by Gasteiger charge is 2.10. The van der Waals surface area contributed by atoms with Gasteiger partial charge in [-0.1, -0.05) is 12.1 Å². The third-order valence-corrected chi connectivity index (χ3v) is 3.80. The van der Waals surface area contributed by atoms with Gasteiger partial charge in [0.05, 0.1) is 6.61 Å². The zero-order valence-electron chi connectivity index (χ0n) is 12.2. The lowest BCUT2D eigenvalue weighted by molar-refractivity contribution is 0.262. The molecule has 0 aromatic heterocycles. The van der Waals surface area contributed by atoms with Crippen LogP contribution >= 0.6 is 0 Å². The van der Waals surface area contributed by atoms with Gasteiger partial charge in [0, 0.05) is 12.6 Å². The van der Waals surface area contributed by atoms with Crippen LogP contribution in [0.15, 0.2) is 18.2 Å². The highest BCUT2D eigenvalue weighted by atomic mass is 16.5. The van der Waals surface area contributed by atoms with Crippen molar-refractivity contribution in [2.75, 3.05) is 26.2 Å². The van der Waals surface area contributed by atoms with Crippen LogP contribution in [0.5, 0.6) is 5.75 Å². The minimum Gasteiger partial charge on any atom is -0.493 e. The zero-order valence-corrected chi connectivity index (χ0v) is 12.2. The lowest BCUT2D eigenvalue weighted by Crippen LogP contribution is -2.22. The quantitative estimate of drug-likeness (QED) is 0.801.